The number of rotatable bonds is 3. The van der Waals surface area contributed by atoms with E-state index in [4.69, 9.17) is 4.74 Å². The summed E-state index contributed by atoms with van der Waals surface area (Å²) in [6, 6.07) is 6.22. The minimum atomic E-state index is -0.369. The van der Waals surface area contributed by atoms with E-state index in [1.54, 1.807) is 23.6 Å². The fraction of sp³-hybridized carbons (Fsp3) is 0.308. The molecule has 0 unspecified atom stereocenters. The lowest BCUT2D eigenvalue weighted by atomic mass is 10.2. The molecule has 0 spiro atoms. The molecule has 0 fully saturated rings. The molecule has 1 aromatic carbocycles. The Bertz CT molecular complexity index is 560. The van der Waals surface area contributed by atoms with Crippen LogP contribution in [-0.2, 0) is 11.3 Å². The highest BCUT2D eigenvalue weighted by molar-refractivity contribution is 5.95. The molecule has 1 aromatic heterocycles. The summed E-state index contributed by atoms with van der Waals surface area (Å²) in [5.74, 6) is -0.674. The second-order valence-corrected chi connectivity index (χ2v) is 3.70. The molecule has 2 rings (SSSR count). The van der Waals surface area contributed by atoms with Crippen LogP contribution in [0.4, 0.5) is 4.39 Å². The van der Waals surface area contributed by atoms with Gasteiger partial charge in [-0.1, -0.05) is 0 Å². The van der Waals surface area contributed by atoms with Crippen molar-refractivity contribution in [2.24, 2.45) is 0 Å². The van der Waals surface area contributed by atoms with E-state index in [2.05, 4.69) is 0 Å². The van der Waals surface area contributed by atoms with Crippen LogP contribution in [0.2, 0.25) is 0 Å². The van der Waals surface area contributed by atoms with Gasteiger partial charge in [0.15, 0.2) is 0 Å². The first-order valence-corrected chi connectivity index (χ1v) is 5.63. The summed E-state index contributed by atoms with van der Waals surface area (Å²) in [6.45, 7) is 4.60. The van der Waals surface area contributed by atoms with Crippen molar-refractivity contribution in [2.75, 3.05) is 6.61 Å². The molecular weight excluding hydrogens is 221 g/mol. The van der Waals surface area contributed by atoms with Gasteiger partial charge in [-0.3, -0.25) is 0 Å². The minimum Gasteiger partial charge on any atom is -0.461 e. The van der Waals surface area contributed by atoms with Gasteiger partial charge in [0.1, 0.15) is 11.5 Å². The van der Waals surface area contributed by atoms with E-state index in [-0.39, 0.29) is 11.8 Å². The van der Waals surface area contributed by atoms with Crippen LogP contribution in [0.25, 0.3) is 10.9 Å². The number of hydrogen-bond donors (Lipinski definition) is 0. The number of halogens is 1. The molecule has 0 saturated heterocycles. The van der Waals surface area contributed by atoms with Gasteiger partial charge >= 0.3 is 5.97 Å². The van der Waals surface area contributed by atoms with Crippen LogP contribution in [-0.4, -0.2) is 17.1 Å². The van der Waals surface area contributed by atoms with Gasteiger partial charge in [0.25, 0.3) is 0 Å². The van der Waals surface area contributed by atoms with Gasteiger partial charge in [-0.2, -0.15) is 0 Å². The summed E-state index contributed by atoms with van der Waals surface area (Å²) >= 11 is 0. The fourth-order valence-electron chi connectivity index (χ4n) is 1.94. The van der Waals surface area contributed by atoms with Crippen LogP contribution in [0.1, 0.15) is 24.3 Å². The van der Waals surface area contributed by atoms with Crippen molar-refractivity contribution < 1.29 is 13.9 Å². The Labute approximate surface area is 98.8 Å². The molecular formula is C13H14FNO2. The number of nitrogens with zero attached hydrogens (tertiary/aromatic N) is 1. The summed E-state index contributed by atoms with van der Waals surface area (Å²) in [5, 5.41) is 0.844. The molecule has 2 aromatic rings. The highest BCUT2D eigenvalue weighted by atomic mass is 19.1. The van der Waals surface area contributed by atoms with E-state index in [0.717, 1.165) is 10.9 Å². The number of carbonyl (C=O) groups is 1. The number of aryl methyl sites for hydroxylation is 1. The van der Waals surface area contributed by atoms with Crippen molar-refractivity contribution in [1.29, 1.82) is 0 Å². The van der Waals surface area contributed by atoms with Crippen molar-refractivity contribution in [1.82, 2.24) is 4.57 Å². The van der Waals surface area contributed by atoms with Gasteiger partial charge in [0, 0.05) is 11.9 Å². The van der Waals surface area contributed by atoms with Gasteiger partial charge in [-0.25, -0.2) is 9.18 Å². The van der Waals surface area contributed by atoms with Crippen LogP contribution in [0.15, 0.2) is 24.3 Å². The van der Waals surface area contributed by atoms with E-state index >= 15 is 0 Å². The molecule has 3 nitrogen and oxygen atoms in total. The van der Waals surface area contributed by atoms with E-state index < -0.39 is 0 Å². The Morgan fingerprint density at radius 3 is 2.76 bits per heavy atom. The third-order valence-electron chi connectivity index (χ3n) is 2.67. The molecule has 0 saturated carbocycles. The zero-order chi connectivity index (χ0) is 12.4. The Hall–Kier alpha value is -1.84. The number of aromatic nitrogens is 1. The molecule has 0 atom stereocenters. The van der Waals surface area contributed by atoms with E-state index in [1.165, 1.54) is 12.1 Å². The van der Waals surface area contributed by atoms with Crippen LogP contribution in [0, 0.1) is 5.82 Å². The smallest absolute Gasteiger partial charge is 0.354 e. The molecule has 0 aliphatic rings. The first-order chi connectivity index (χ1) is 8.17. The molecule has 0 bridgehead atoms. The lowest BCUT2D eigenvalue weighted by Crippen LogP contribution is -2.11. The van der Waals surface area contributed by atoms with Crippen molar-refractivity contribution in [3.8, 4) is 0 Å². The van der Waals surface area contributed by atoms with Crippen molar-refractivity contribution in [3.05, 3.63) is 35.8 Å². The quantitative estimate of drug-likeness (QED) is 0.766. The maximum absolute atomic E-state index is 13.2. The van der Waals surface area contributed by atoms with E-state index in [0.29, 0.717) is 18.8 Å². The normalized spacial score (nSPS) is 10.8. The number of esters is 1. The average Bonchev–Trinajstić information content (AvgIpc) is 2.67. The minimum absolute atomic E-state index is 0.305. The maximum Gasteiger partial charge on any atom is 0.354 e. The van der Waals surface area contributed by atoms with Crippen LogP contribution >= 0.6 is 0 Å². The maximum atomic E-state index is 13.2. The topological polar surface area (TPSA) is 31.2 Å². The molecule has 0 aliphatic heterocycles. The molecule has 90 valence electrons. The lowest BCUT2D eigenvalue weighted by Gasteiger charge is -2.06. The summed E-state index contributed by atoms with van der Waals surface area (Å²) in [5.41, 5.74) is 1.19. The molecule has 0 radical (unpaired) electrons. The summed E-state index contributed by atoms with van der Waals surface area (Å²) < 4.78 is 19.9. The Morgan fingerprint density at radius 2 is 2.12 bits per heavy atom. The van der Waals surface area contributed by atoms with Crippen molar-refractivity contribution >= 4 is 16.9 Å². The van der Waals surface area contributed by atoms with Gasteiger partial charge in [-0.05, 0) is 38.1 Å². The second-order valence-electron chi connectivity index (χ2n) is 3.70. The Kier molecular flexibility index (Phi) is 3.13. The number of carbonyl (C=O) groups excluding carboxylic acids is 1. The van der Waals surface area contributed by atoms with Crippen LogP contribution in [0.5, 0.6) is 0 Å². The SMILES string of the molecule is CCOC(=O)c1cc2ccc(F)cc2n1CC. The van der Waals surface area contributed by atoms with Crippen molar-refractivity contribution in [3.63, 3.8) is 0 Å². The summed E-state index contributed by atoms with van der Waals surface area (Å²) in [6.07, 6.45) is 0. The van der Waals surface area contributed by atoms with Gasteiger partial charge in [0.2, 0.25) is 0 Å². The van der Waals surface area contributed by atoms with Crippen LogP contribution in [0.3, 0.4) is 0 Å². The molecule has 1 heterocycles. The van der Waals surface area contributed by atoms with Crippen LogP contribution < -0.4 is 0 Å². The molecule has 0 amide bonds. The van der Waals surface area contributed by atoms with Gasteiger partial charge < -0.3 is 9.30 Å². The standard InChI is InChI=1S/C13H14FNO2/c1-3-15-11-8-10(14)6-5-9(11)7-12(15)13(16)17-4-2/h5-8H,3-4H2,1-2H3. The van der Waals surface area contributed by atoms with Gasteiger partial charge in [-0.15, -0.1) is 0 Å². The predicted octanol–water partition coefficient (Wildman–Crippen LogP) is 2.98. The summed E-state index contributed by atoms with van der Waals surface area (Å²) in [7, 11) is 0. The first-order valence-electron chi connectivity index (χ1n) is 5.63. The highest BCUT2D eigenvalue weighted by Gasteiger charge is 2.15. The summed E-state index contributed by atoms with van der Waals surface area (Å²) in [4.78, 5) is 11.7. The highest BCUT2D eigenvalue weighted by Crippen LogP contribution is 2.21. The number of benzene rings is 1. The predicted molar refractivity (Wildman–Crippen MR) is 63.5 cm³/mol. The first kappa shape index (κ1) is 11.6. The second kappa shape index (κ2) is 4.57. The third kappa shape index (κ3) is 2.02. The monoisotopic (exact) mass is 235 g/mol. The van der Waals surface area contributed by atoms with E-state index in [9.17, 15) is 9.18 Å². The zero-order valence-electron chi connectivity index (χ0n) is 9.87. The van der Waals surface area contributed by atoms with Crippen molar-refractivity contribution in [2.45, 2.75) is 20.4 Å². The van der Waals surface area contributed by atoms with E-state index in [1.807, 2.05) is 6.92 Å². The molecule has 4 heteroatoms. The largest absolute Gasteiger partial charge is 0.461 e. The van der Waals surface area contributed by atoms with Gasteiger partial charge in [0.05, 0.1) is 12.1 Å². The number of fused-ring (bicyclic) bond motifs is 1. The third-order valence-corrected chi connectivity index (χ3v) is 2.67. The lowest BCUT2D eigenvalue weighted by molar-refractivity contribution is 0.0514. The molecule has 0 aliphatic carbocycles. The Morgan fingerprint density at radius 1 is 1.35 bits per heavy atom. The zero-order valence-corrected chi connectivity index (χ0v) is 9.87. The fourth-order valence-corrected chi connectivity index (χ4v) is 1.94. The molecule has 0 N–H and O–H groups in total. The average molecular weight is 235 g/mol. The number of hydrogen-bond acceptors (Lipinski definition) is 2. The molecule has 17 heavy (non-hydrogen) atoms. The number of ether oxygens (including phenoxy) is 1. The Balaban J connectivity index is 2.60.